The van der Waals surface area contributed by atoms with Gasteiger partial charge in [0.05, 0.1) is 5.56 Å². The van der Waals surface area contributed by atoms with Crippen LogP contribution < -0.4 is 15.6 Å². The van der Waals surface area contributed by atoms with E-state index < -0.39 is 12.0 Å². The molecule has 2 saturated carbocycles. The van der Waals surface area contributed by atoms with Crippen LogP contribution in [0.3, 0.4) is 0 Å². The molecule has 0 spiro atoms. The minimum Gasteiger partial charge on any atom is -0.337 e. The first-order valence-corrected chi connectivity index (χ1v) is 12.6. The summed E-state index contributed by atoms with van der Waals surface area (Å²) in [6.45, 7) is 5.72. The van der Waals surface area contributed by atoms with E-state index in [4.69, 9.17) is 0 Å². The maximum Gasteiger partial charge on any atom is 0.330 e. The van der Waals surface area contributed by atoms with Gasteiger partial charge in [-0.25, -0.2) is 15.1 Å². The van der Waals surface area contributed by atoms with Crippen molar-refractivity contribution in [2.45, 2.75) is 58.5 Å². The molecule has 0 bridgehead atoms. The molecule has 0 aliphatic heterocycles. The van der Waals surface area contributed by atoms with Gasteiger partial charge in [0, 0.05) is 35.8 Å². The van der Waals surface area contributed by atoms with Gasteiger partial charge >= 0.3 is 5.91 Å². The Bertz CT molecular complexity index is 1270. The monoisotopic (exact) mass is 491 g/mol. The average Bonchev–Trinajstić information content (AvgIpc) is 3.79. The number of rotatable bonds is 9. The van der Waals surface area contributed by atoms with E-state index in [1.165, 1.54) is 0 Å². The Labute approximate surface area is 209 Å². The number of H-pyrrole nitrogens is 1. The number of carbonyl (C=O) groups excluding carboxylic acids is 2. The van der Waals surface area contributed by atoms with Gasteiger partial charge in [-0.3, -0.25) is 14.5 Å². The summed E-state index contributed by atoms with van der Waals surface area (Å²) >= 11 is 0. The number of aromatic amines is 1. The number of pyridine rings is 2. The number of carbonyl (C=O) groups is 2. The minimum atomic E-state index is -0.718. The van der Waals surface area contributed by atoms with Crippen molar-refractivity contribution in [2.24, 2.45) is 17.8 Å². The average molecular weight is 492 g/mol. The molecule has 188 valence electrons. The van der Waals surface area contributed by atoms with E-state index in [0.717, 1.165) is 25.7 Å². The van der Waals surface area contributed by atoms with E-state index >= 15 is 4.39 Å². The molecule has 2 aliphatic carbocycles. The SMILES string of the molecule is Cc1ncccc1-c1ccc(NC(=O)[C@@H](NC(=O)c2ccnn2C(C)C)C(C2CC2)C2CC2)[nH+]c1F. The standard InChI is InChI=1S/C27H31FN6O2/c1-15(2)34-21(12-14-30-34)26(35)33-24(23(17-6-7-17)18-8-9-18)27(36)32-22-11-10-20(25(28)31-22)19-5-4-13-29-16(19)3/h4-5,10-15,17-18,23-24H,6-9H2,1-3H3,(H,33,35)(H,31,32,36)/p+1/t24-/m0/s1. The molecule has 8 nitrogen and oxygen atoms in total. The number of aryl methyl sites for hydroxylation is 1. The molecule has 2 amide bonds. The summed E-state index contributed by atoms with van der Waals surface area (Å²) in [5, 5.41) is 10.1. The maximum atomic E-state index is 15.0. The molecule has 36 heavy (non-hydrogen) atoms. The summed E-state index contributed by atoms with van der Waals surface area (Å²) in [6.07, 6.45) is 7.49. The summed E-state index contributed by atoms with van der Waals surface area (Å²) in [4.78, 5) is 33.7. The van der Waals surface area contributed by atoms with Gasteiger partial charge in [0.2, 0.25) is 0 Å². The van der Waals surface area contributed by atoms with Gasteiger partial charge in [0.15, 0.2) is 0 Å². The van der Waals surface area contributed by atoms with Gasteiger partial charge in [-0.2, -0.15) is 9.49 Å². The third-order valence-corrected chi connectivity index (χ3v) is 7.13. The van der Waals surface area contributed by atoms with Crippen molar-refractivity contribution in [3.63, 3.8) is 0 Å². The Morgan fingerprint density at radius 2 is 1.78 bits per heavy atom. The highest BCUT2D eigenvalue weighted by molar-refractivity contribution is 6.00. The molecule has 3 heterocycles. The number of aromatic nitrogens is 4. The predicted molar refractivity (Wildman–Crippen MR) is 132 cm³/mol. The fourth-order valence-electron chi connectivity index (χ4n) is 5.08. The summed E-state index contributed by atoms with van der Waals surface area (Å²) in [5.41, 5.74) is 2.18. The maximum absolute atomic E-state index is 15.0. The highest BCUT2D eigenvalue weighted by atomic mass is 19.1. The number of nitrogens with one attached hydrogen (secondary N) is 3. The first-order valence-electron chi connectivity index (χ1n) is 12.6. The zero-order valence-electron chi connectivity index (χ0n) is 20.8. The first kappa shape index (κ1) is 24.1. The summed E-state index contributed by atoms with van der Waals surface area (Å²) in [7, 11) is 0. The third kappa shape index (κ3) is 5.01. The molecule has 0 aromatic carbocycles. The van der Waals surface area contributed by atoms with Crippen LogP contribution in [0.1, 0.15) is 61.8 Å². The smallest absolute Gasteiger partial charge is 0.330 e. The second-order valence-corrected chi connectivity index (χ2v) is 10.2. The Morgan fingerprint density at radius 3 is 2.39 bits per heavy atom. The van der Waals surface area contributed by atoms with Crippen LogP contribution in [0, 0.1) is 30.6 Å². The van der Waals surface area contributed by atoms with Gasteiger partial charge in [-0.05, 0) is 82.4 Å². The zero-order chi connectivity index (χ0) is 25.4. The fourth-order valence-corrected chi connectivity index (χ4v) is 5.08. The van der Waals surface area contributed by atoms with E-state index in [0.29, 0.717) is 34.4 Å². The van der Waals surface area contributed by atoms with Crippen LogP contribution in [0.4, 0.5) is 10.2 Å². The Balaban J connectivity index is 1.38. The number of amides is 2. The second kappa shape index (κ2) is 9.79. The largest absolute Gasteiger partial charge is 0.337 e. The molecule has 1 atom stereocenters. The molecule has 0 unspecified atom stereocenters. The van der Waals surface area contributed by atoms with Crippen LogP contribution in [0.2, 0.25) is 0 Å². The van der Waals surface area contributed by atoms with E-state index in [9.17, 15) is 9.59 Å². The Morgan fingerprint density at radius 1 is 1.06 bits per heavy atom. The van der Waals surface area contributed by atoms with Gasteiger partial charge in [0.1, 0.15) is 11.7 Å². The molecule has 2 fully saturated rings. The normalized spacial score (nSPS) is 16.3. The van der Waals surface area contributed by atoms with Crippen LogP contribution in [-0.4, -0.2) is 32.6 Å². The molecule has 3 aromatic rings. The number of anilines is 1. The molecule has 0 radical (unpaired) electrons. The van der Waals surface area contributed by atoms with Crippen molar-refractivity contribution in [1.82, 2.24) is 20.1 Å². The van der Waals surface area contributed by atoms with Crippen LogP contribution in [0.25, 0.3) is 11.1 Å². The second-order valence-electron chi connectivity index (χ2n) is 10.2. The van der Waals surface area contributed by atoms with E-state index in [-0.39, 0.29) is 29.6 Å². The molecule has 2 aliphatic rings. The number of halogens is 1. The van der Waals surface area contributed by atoms with E-state index in [1.807, 2.05) is 20.8 Å². The molecule has 9 heteroatoms. The quantitative estimate of drug-likeness (QED) is 0.442. The van der Waals surface area contributed by atoms with Crippen molar-refractivity contribution in [1.29, 1.82) is 0 Å². The molecule has 3 N–H and O–H groups in total. The van der Waals surface area contributed by atoms with E-state index in [2.05, 4.69) is 25.7 Å². The molecule has 3 aromatic heterocycles. The fraction of sp³-hybridized carbons (Fsp3) is 0.444. The van der Waals surface area contributed by atoms with Crippen molar-refractivity contribution >= 4 is 17.6 Å². The van der Waals surface area contributed by atoms with Gasteiger partial charge in [0.25, 0.3) is 17.7 Å². The number of hydrogen-bond donors (Lipinski definition) is 2. The van der Waals surface area contributed by atoms with Crippen LogP contribution >= 0.6 is 0 Å². The Kier molecular flexibility index (Phi) is 6.55. The number of hydrogen-bond acceptors (Lipinski definition) is 4. The van der Waals surface area contributed by atoms with Gasteiger partial charge in [-0.15, -0.1) is 0 Å². The third-order valence-electron chi connectivity index (χ3n) is 7.13. The lowest BCUT2D eigenvalue weighted by Gasteiger charge is -2.25. The lowest BCUT2D eigenvalue weighted by Crippen LogP contribution is -2.50. The molecule has 5 rings (SSSR count). The molecular formula is C27H32FN6O2+. The van der Waals surface area contributed by atoms with Crippen LogP contribution in [0.5, 0.6) is 0 Å². The summed E-state index contributed by atoms with van der Waals surface area (Å²) in [6, 6.07) is 7.77. The van der Waals surface area contributed by atoms with Crippen LogP contribution in [-0.2, 0) is 4.79 Å². The molecular weight excluding hydrogens is 459 g/mol. The van der Waals surface area contributed by atoms with Crippen molar-refractivity contribution in [2.75, 3.05) is 5.32 Å². The summed E-state index contributed by atoms with van der Waals surface area (Å²) in [5.74, 6) is -0.105. The summed E-state index contributed by atoms with van der Waals surface area (Å²) < 4.78 is 16.7. The lowest BCUT2D eigenvalue weighted by atomic mass is 9.88. The topological polar surface area (TPSA) is 103 Å². The molecule has 0 saturated heterocycles. The predicted octanol–water partition coefficient (Wildman–Crippen LogP) is 3.96. The zero-order valence-corrected chi connectivity index (χ0v) is 20.8. The van der Waals surface area contributed by atoms with Gasteiger partial charge < -0.3 is 5.32 Å². The van der Waals surface area contributed by atoms with Gasteiger partial charge in [-0.1, -0.05) is 6.07 Å². The lowest BCUT2D eigenvalue weighted by molar-refractivity contribution is -0.404. The van der Waals surface area contributed by atoms with Crippen molar-refractivity contribution < 1.29 is 19.0 Å². The Hall–Kier alpha value is -3.62. The van der Waals surface area contributed by atoms with Crippen molar-refractivity contribution in [3.8, 4) is 11.1 Å². The van der Waals surface area contributed by atoms with Crippen molar-refractivity contribution in [3.05, 3.63) is 60.1 Å². The first-order chi connectivity index (χ1) is 17.3. The van der Waals surface area contributed by atoms with E-state index in [1.54, 1.807) is 47.4 Å². The highest BCUT2D eigenvalue weighted by Crippen LogP contribution is 2.50. The highest BCUT2D eigenvalue weighted by Gasteiger charge is 2.49. The minimum absolute atomic E-state index is 0.00947. The number of nitrogens with zero attached hydrogens (tertiary/aromatic N) is 3. The van der Waals surface area contributed by atoms with Crippen LogP contribution in [0.15, 0.2) is 42.7 Å².